The summed E-state index contributed by atoms with van der Waals surface area (Å²) >= 11 is 0. The Bertz CT molecular complexity index is 1170. The summed E-state index contributed by atoms with van der Waals surface area (Å²) in [5.41, 5.74) is 2.38. The number of aromatic nitrogens is 2. The van der Waals surface area contributed by atoms with Gasteiger partial charge in [-0.25, -0.2) is 0 Å². The second-order valence-corrected chi connectivity index (χ2v) is 8.19. The molecule has 31 heavy (non-hydrogen) atoms. The standard InChI is InChI=1S/C24H25N5O2/c1-16(2)29-15-19-7-8-20(13-22(19)27-29)26-23(30)17-9-11-28(12-10-17)24(31)21-6-4-3-5-18(21)14-25/h3-8,13,15-17H,9-12H2,1-2H3,(H,26,30). The lowest BCUT2D eigenvalue weighted by atomic mass is 9.95. The lowest BCUT2D eigenvalue weighted by molar-refractivity contribution is -0.121. The van der Waals surface area contributed by atoms with Crippen molar-refractivity contribution in [3.63, 3.8) is 0 Å². The molecule has 3 aromatic rings. The Morgan fingerprint density at radius 1 is 1.16 bits per heavy atom. The lowest BCUT2D eigenvalue weighted by Gasteiger charge is -2.31. The minimum atomic E-state index is -0.154. The summed E-state index contributed by atoms with van der Waals surface area (Å²) in [6.45, 7) is 5.14. The van der Waals surface area contributed by atoms with E-state index in [4.69, 9.17) is 0 Å². The zero-order valence-electron chi connectivity index (χ0n) is 17.7. The minimum absolute atomic E-state index is 0.0350. The number of nitrogens with one attached hydrogen (secondary N) is 1. The van der Waals surface area contributed by atoms with Gasteiger partial charge in [0.25, 0.3) is 5.91 Å². The zero-order chi connectivity index (χ0) is 22.0. The van der Waals surface area contributed by atoms with Crippen molar-refractivity contribution in [1.29, 1.82) is 5.26 Å². The number of piperidine rings is 1. The molecule has 1 N–H and O–H groups in total. The number of nitrogens with zero attached hydrogens (tertiary/aromatic N) is 4. The SMILES string of the molecule is CC(C)n1cc2ccc(NC(=O)C3CCN(C(=O)c4ccccc4C#N)CC3)cc2n1. The molecule has 0 bridgehead atoms. The first-order valence-electron chi connectivity index (χ1n) is 10.5. The van der Waals surface area contributed by atoms with Crippen LogP contribution in [0.3, 0.4) is 0 Å². The number of likely N-dealkylation sites (tertiary alicyclic amines) is 1. The Hall–Kier alpha value is -3.66. The molecule has 1 aromatic heterocycles. The van der Waals surface area contributed by atoms with E-state index in [0.717, 1.165) is 16.6 Å². The smallest absolute Gasteiger partial charge is 0.255 e. The van der Waals surface area contributed by atoms with Gasteiger partial charge in [0, 0.05) is 42.3 Å². The highest BCUT2D eigenvalue weighted by Crippen LogP contribution is 2.24. The molecule has 158 valence electrons. The molecular weight excluding hydrogens is 390 g/mol. The van der Waals surface area contributed by atoms with Gasteiger partial charge in [0.1, 0.15) is 0 Å². The molecule has 0 aliphatic carbocycles. The molecule has 2 heterocycles. The molecule has 1 aliphatic rings. The molecule has 1 aliphatic heterocycles. The van der Waals surface area contributed by atoms with E-state index in [1.165, 1.54) is 0 Å². The summed E-state index contributed by atoms with van der Waals surface area (Å²) in [7, 11) is 0. The molecule has 2 aromatic carbocycles. The number of hydrogen-bond acceptors (Lipinski definition) is 4. The van der Waals surface area contributed by atoms with E-state index in [9.17, 15) is 14.9 Å². The fourth-order valence-corrected chi connectivity index (χ4v) is 3.90. The first-order chi connectivity index (χ1) is 15.0. The number of fused-ring (bicyclic) bond motifs is 1. The van der Waals surface area contributed by atoms with Crippen LogP contribution in [0.15, 0.2) is 48.7 Å². The Morgan fingerprint density at radius 2 is 1.90 bits per heavy atom. The van der Waals surface area contributed by atoms with Crippen LogP contribution in [0.2, 0.25) is 0 Å². The normalized spacial score (nSPS) is 14.6. The molecule has 1 saturated heterocycles. The van der Waals surface area contributed by atoms with Crippen LogP contribution >= 0.6 is 0 Å². The van der Waals surface area contributed by atoms with Gasteiger partial charge in [-0.3, -0.25) is 14.3 Å². The van der Waals surface area contributed by atoms with E-state index < -0.39 is 0 Å². The molecule has 7 nitrogen and oxygen atoms in total. The van der Waals surface area contributed by atoms with Crippen molar-refractivity contribution in [3.05, 3.63) is 59.8 Å². The maximum absolute atomic E-state index is 12.8. The van der Waals surface area contributed by atoms with E-state index in [-0.39, 0.29) is 23.8 Å². The summed E-state index contributed by atoms with van der Waals surface area (Å²) in [6.07, 6.45) is 3.19. The third-order valence-electron chi connectivity index (χ3n) is 5.75. The molecule has 0 unspecified atom stereocenters. The van der Waals surface area contributed by atoms with Crippen molar-refractivity contribution >= 4 is 28.4 Å². The van der Waals surface area contributed by atoms with Crippen molar-refractivity contribution in [1.82, 2.24) is 14.7 Å². The first-order valence-corrected chi connectivity index (χ1v) is 10.5. The van der Waals surface area contributed by atoms with E-state index in [2.05, 4.69) is 30.3 Å². The zero-order valence-corrected chi connectivity index (χ0v) is 17.7. The molecule has 7 heteroatoms. The lowest BCUT2D eigenvalue weighted by Crippen LogP contribution is -2.41. The summed E-state index contributed by atoms with van der Waals surface area (Å²) < 4.78 is 1.91. The van der Waals surface area contributed by atoms with Crippen LogP contribution in [0.1, 0.15) is 48.7 Å². The number of nitriles is 1. The van der Waals surface area contributed by atoms with Gasteiger partial charge < -0.3 is 10.2 Å². The van der Waals surface area contributed by atoms with Crippen LogP contribution in [-0.4, -0.2) is 39.6 Å². The Labute approximate surface area is 181 Å². The number of amides is 2. The number of anilines is 1. The van der Waals surface area contributed by atoms with E-state index in [1.807, 2.05) is 29.1 Å². The number of rotatable bonds is 4. The summed E-state index contributed by atoms with van der Waals surface area (Å²) in [5, 5.41) is 17.8. The van der Waals surface area contributed by atoms with E-state index in [1.54, 1.807) is 29.2 Å². The number of hydrogen-bond donors (Lipinski definition) is 1. The maximum atomic E-state index is 12.8. The predicted molar refractivity (Wildman–Crippen MR) is 119 cm³/mol. The van der Waals surface area contributed by atoms with E-state index in [0.29, 0.717) is 37.1 Å². The van der Waals surface area contributed by atoms with Crippen molar-refractivity contribution in [2.45, 2.75) is 32.7 Å². The average molecular weight is 415 g/mol. The third-order valence-corrected chi connectivity index (χ3v) is 5.75. The van der Waals surface area contributed by atoms with Crippen molar-refractivity contribution in [2.75, 3.05) is 18.4 Å². The second-order valence-electron chi connectivity index (χ2n) is 8.19. The number of carbonyl (C=O) groups is 2. The van der Waals surface area contributed by atoms with Crippen LogP contribution in [0.25, 0.3) is 10.9 Å². The van der Waals surface area contributed by atoms with Gasteiger partial charge in [0.2, 0.25) is 5.91 Å². The van der Waals surface area contributed by atoms with Gasteiger partial charge in [-0.1, -0.05) is 12.1 Å². The molecule has 1 fully saturated rings. The third kappa shape index (κ3) is 4.29. The van der Waals surface area contributed by atoms with E-state index >= 15 is 0 Å². The molecule has 0 atom stereocenters. The van der Waals surface area contributed by atoms with Crippen LogP contribution in [0.4, 0.5) is 5.69 Å². The largest absolute Gasteiger partial charge is 0.339 e. The van der Waals surface area contributed by atoms with Gasteiger partial charge in [0.05, 0.1) is 22.7 Å². The van der Waals surface area contributed by atoms with Crippen LogP contribution in [0, 0.1) is 17.2 Å². The molecule has 0 spiro atoms. The van der Waals surface area contributed by atoms with Crippen molar-refractivity contribution < 1.29 is 9.59 Å². The second kappa shape index (κ2) is 8.60. The monoisotopic (exact) mass is 415 g/mol. The van der Waals surface area contributed by atoms with Crippen molar-refractivity contribution in [3.8, 4) is 6.07 Å². The Kier molecular flexibility index (Phi) is 5.72. The van der Waals surface area contributed by atoms with Gasteiger partial charge in [0.15, 0.2) is 0 Å². The highest BCUT2D eigenvalue weighted by molar-refractivity contribution is 5.97. The highest BCUT2D eigenvalue weighted by atomic mass is 16.2. The van der Waals surface area contributed by atoms with Gasteiger partial charge in [-0.2, -0.15) is 10.4 Å². The summed E-state index contributed by atoms with van der Waals surface area (Å²) in [4.78, 5) is 27.3. The number of carbonyl (C=O) groups excluding carboxylic acids is 2. The Morgan fingerprint density at radius 3 is 2.61 bits per heavy atom. The molecular formula is C24H25N5O2. The highest BCUT2D eigenvalue weighted by Gasteiger charge is 2.28. The summed E-state index contributed by atoms with van der Waals surface area (Å²) in [5.74, 6) is -0.339. The van der Waals surface area contributed by atoms with Crippen LogP contribution in [0.5, 0.6) is 0 Å². The van der Waals surface area contributed by atoms with Crippen LogP contribution < -0.4 is 5.32 Å². The summed E-state index contributed by atoms with van der Waals surface area (Å²) in [6, 6.07) is 14.9. The minimum Gasteiger partial charge on any atom is -0.339 e. The number of benzene rings is 2. The fourth-order valence-electron chi connectivity index (χ4n) is 3.90. The molecule has 2 amide bonds. The molecule has 0 saturated carbocycles. The quantitative estimate of drug-likeness (QED) is 0.698. The molecule has 4 rings (SSSR count). The predicted octanol–water partition coefficient (Wildman–Crippen LogP) is 3.98. The first kappa shape index (κ1) is 20.6. The van der Waals surface area contributed by atoms with Gasteiger partial charge in [-0.15, -0.1) is 0 Å². The van der Waals surface area contributed by atoms with Crippen LogP contribution in [-0.2, 0) is 4.79 Å². The van der Waals surface area contributed by atoms with Crippen molar-refractivity contribution in [2.24, 2.45) is 5.92 Å². The maximum Gasteiger partial charge on any atom is 0.255 e. The Balaban J connectivity index is 1.38. The van der Waals surface area contributed by atoms with Gasteiger partial charge >= 0.3 is 0 Å². The average Bonchev–Trinajstić information content (AvgIpc) is 3.22. The molecule has 0 radical (unpaired) electrons. The fraction of sp³-hybridized carbons (Fsp3) is 0.333. The van der Waals surface area contributed by atoms with Gasteiger partial charge in [-0.05, 0) is 57.0 Å². The topological polar surface area (TPSA) is 91.0 Å².